The highest BCUT2D eigenvalue weighted by molar-refractivity contribution is 7.89. The Morgan fingerprint density at radius 2 is 1.56 bits per heavy atom. The zero-order chi connectivity index (χ0) is 25.2. The van der Waals surface area contributed by atoms with E-state index in [0.717, 1.165) is 51.6 Å². The quantitative estimate of drug-likeness (QED) is 0.574. The third kappa shape index (κ3) is 8.55. The van der Waals surface area contributed by atoms with Crippen LogP contribution in [0.5, 0.6) is 0 Å². The molecule has 2 aliphatic rings. The molecule has 8 nitrogen and oxygen atoms in total. The highest BCUT2D eigenvalue weighted by atomic mass is 32.2. The molecule has 0 atom stereocenters. The predicted octanol–water partition coefficient (Wildman–Crippen LogP) is 2.86. The van der Waals surface area contributed by atoms with Crippen molar-refractivity contribution >= 4 is 21.9 Å². The van der Waals surface area contributed by atoms with Crippen LogP contribution < -0.4 is 5.32 Å². The molecule has 12 heteroatoms. The third-order valence-corrected chi connectivity index (χ3v) is 7.81. The number of carbonyl (C=O) groups is 2. The molecule has 0 aromatic heterocycles. The van der Waals surface area contributed by atoms with Crippen molar-refractivity contribution in [1.82, 2.24) is 14.5 Å². The SMILES string of the molecule is O=C(CCN(C1CCCCCC1)S(=O)(=O)c1ccccc1)N1CCNCC1.O=C(O)C(F)(F)F. The highest BCUT2D eigenvalue weighted by Gasteiger charge is 2.38. The van der Waals surface area contributed by atoms with Crippen molar-refractivity contribution in [3.63, 3.8) is 0 Å². The van der Waals surface area contributed by atoms with E-state index < -0.39 is 22.2 Å². The number of carboxylic acids is 1. The largest absolute Gasteiger partial charge is 0.490 e. The van der Waals surface area contributed by atoms with Crippen LogP contribution in [0.3, 0.4) is 0 Å². The zero-order valence-electron chi connectivity index (χ0n) is 19.0. The van der Waals surface area contributed by atoms with E-state index in [1.807, 2.05) is 11.0 Å². The van der Waals surface area contributed by atoms with Gasteiger partial charge in [-0.2, -0.15) is 17.5 Å². The van der Waals surface area contributed by atoms with E-state index in [-0.39, 0.29) is 24.9 Å². The smallest absolute Gasteiger partial charge is 0.475 e. The van der Waals surface area contributed by atoms with Crippen LogP contribution in [0.1, 0.15) is 44.9 Å². The molecule has 192 valence electrons. The van der Waals surface area contributed by atoms with E-state index in [4.69, 9.17) is 9.90 Å². The van der Waals surface area contributed by atoms with E-state index in [1.54, 1.807) is 28.6 Å². The molecular weight excluding hydrogens is 475 g/mol. The number of rotatable bonds is 6. The molecule has 1 aromatic rings. The Labute approximate surface area is 198 Å². The van der Waals surface area contributed by atoms with Crippen molar-refractivity contribution in [2.24, 2.45) is 0 Å². The predicted molar refractivity (Wildman–Crippen MR) is 120 cm³/mol. The first-order valence-electron chi connectivity index (χ1n) is 11.4. The summed E-state index contributed by atoms with van der Waals surface area (Å²) in [5.41, 5.74) is 0. The van der Waals surface area contributed by atoms with Crippen LogP contribution in [0.25, 0.3) is 0 Å². The fourth-order valence-electron chi connectivity index (χ4n) is 4.05. The van der Waals surface area contributed by atoms with Gasteiger partial charge in [0.2, 0.25) is 15.9 Å². The summed E-state index contributed by atoms with van der Waals surface area (Å²) in [6.45, 7) is 3.28. The number of alkyl halides is 3. The Balaban J connectivity index is 0.000000509. The summed E-state index contributed by atoms with van der Waals surface area (Å²) in [7, 11) is -3.59. The first-order valence-corrected chi connectivity index (χ1v) is 12.8. The number of nitrogens with one attached hydrogen (secondary N) is 1. The van der Waals surface area contributed by atoms with Crippen molar-refractivity contribution in [3.05, 3.63) is 30.3 Å². The van der Waals surface area contributed by atoms with Gasteiger partial charge in [0.15, 0.2) is 0 Å². The van der Waals surface area contributed by atoms with Crippen molar-refractivity contribution in [2.45, 2.75) is 62.1 Å². The molecular formula is C22H32F3N3O5S. The fraction of sp³-hybridized carbons (Fsp3) is 0.636. The van der Waals surface area contributed by atoms with E-state index in [1.165, 1.54) is 0 Å². The molecule has 0 unspecified atom stereocenters. The number of benzene rings is 1. The lowest BCUT2D eigenvalue weighted by molar-refractivity contribution is -0.192. The van der Waals surface area contributed by atoms with Crippen molar-refractivity contribution in [3.8, 4) is 0 Å². The van der Waals surface area contributed by atoms with Crippen LogP contribution in [-0.2, 0) is 19.6 Å². The number of aliphatic carboxylic acids is 1. The molecule has 2 N–H and O–H groups in total. The average molecular weight is 508 g/mol. The van der Waals surface area contributed by atoms with E-state index in [0.29, 0.717) is 18.0 Å². The lowest BCUT2D eigenvalue weighted by Gasteiger charge is -2.32. The van der Waals surface area contributed by atoms with Crippen molar-refractivity contribution < 1.29 is 36.3 Å². The first-order chi connectivity index (χ1) is 16.0. The Morgan fingerprint density at radius 1 is 1.03 bits per heavy atom. The summed E-state index contributed by atoms with van der Waals surface area (Å²) >= 11 is 0. The third-order valence-electron chi connectivity index (χ3n) is 5.84. The van der Waals surface area contributed by atoms with Gasteiger partial charge in [0.1, 0.15) is 0 Å². The molecule has 1 saturated carbocycles. The summed E-state index contributed by atoms with van der Waals surface area (Å²) in [6.07, 6.45) is 1.36. The van der Waals surface area contributed by atoms with Gasteiger partial charge < -0.3 is 15.3 Å². The summed E-state index contributed by atoms with van der Waals surface area (Å²) < 4.78 is 60.0. The molecule has 0 radical (unpaired) electrons. The summed E-state index contributed by atoms with van der Waals surface area (Å²) in [5, 5.41) is 10.4. The normalized spacial score (nSPS) is 18.1. The topological polar surface area (TPSA) is 107 Å². The standard InChI is InChI=1S/C20H31N3O3S.C2HF3O2/c24-20(22-16-13-21-14-17-22)12-15-23(18-8-4-1-2-5-9-18)27(25,26)19-10-6-3-7-11-19;3-2(4,5)1(6)7/h3,6-7,10-11,18,21H,1-2,4-5,8-9,12-17H2;(H,6,7). The van der Waals surface area contributed by atoms with Gasteiger partial charge in [-0.15, -0.1) is 0 Å². The monoisotopic (exact) mass is 507 g/mol. The van der Waals surface area contributed by atoms with Gasteiger partial charge in [-0.1, -0.05) is 43.9 Å². The minimum atomic E-state index is -5.08. The van der Waals surface area contributed by atoms with Crippen LogP contribution in [0.4, 0.5) is 13.2 Å². The van der Waals surface area contributed by atoms with Gasteiger partial charge >= 0.3 is 12.1 Å². The minimum absolute atomic E-state index is 0.00599. The Hall–Kier alpha value is -2.18. The number of sulfonamides is 1. The Morgan fingerprint density at radius 3 is 2.06 bits per heavy atom. The number of carboxylic acid groups (broad SMARTS) is 1. The van der Waals surface area contributed by atoms with Crippen LogP contribution in [0.2, 0.25) is 0 Å². The maximum atomic E-state index is 13.3. The maximum absolute atomic E-state index is 13.3. The van der Waals surface area contributed by atoms with Crippen LogP contribution in [-0.4, -0.2) is 79.5 Å². The summed E-state index contributed by atoms with van der Waals surface area (Å²) in [5.74, 6) is -2.70. The number of piperazine rings is 1. The molecule has 2 fully saturated rings. The zero-order valence-corrected chi connectivity index (χ0v) is 19.8. The Kier molecular flexibility index (Phi) is 10.8. The van der Waals surface area contributed by atoms with Gasteiger partial charge in [-0.3, -0.25) is 4.79 Å². The van der Waals surface area contributed by atoms with Crippen molar-refractivity contribution in [2.75, 3.05) is 32.7 Å². The van der Waals surface area contributed by atoms with Crippen molar-refractivity contribution in [1.29, 1.82) is 0 Å². The molecule has 1 aromatic carbocycles. The van der Waals surface area contributed by atoms with E-state index in [9.17, 15) is 26.4 Å². The number of halogens is 3. The molecule has 1 saturated heterocycles. The molecule has 0 spiro atoms. The maximum Gasteiger partial charge on any atom is 0.490 e. The van der Waals surface area contributed by atoms with E-state index in [2.05, 4.69) is 5.32 Å². The Bertz CT molecular complexity index is 883. The molecule has 3 rings (SSSR count). The second-order valence-electron chi connectivity index (χ2n) is 8.26. The van der Waals surface area contributed by atoms with Crippen LogP contribution >= 0.6 is 0 Å². The van der Waals surface area contributed by atoms with Gasteiger partial charge in [0.25, 0.3) is 0 Å². The summed E-state index contributed by atoms with van der Waals surface area (Å²) in [6, 6.07) is 8.62. The molecule has 1 heterocycles. The highest BCUT2D eigenvalue weighted by Crippen LogP contribution is 2.27. The second kappa shape index (κ2) is 13.1. The molecule has 0 bridgehead atoms. The van der Waals surface area contributed by atoms with Gasteiger partial charge in [0, 0.05) is 45.2 Å². The first kappa shape index (κ1) is 28.1. The van der Waals surface area contributed by atoms with Gasteiger partial charge in [-0.25, -0.2) is 13.2 Å². The van der Waals surface area contributed by atoms with Crippen LogP contribution in [0, 0.1) is 0 Å². The second-order valence-corrected chi connectivity index (χ2v) is 10.1. The number of hydrogen-bond acceptors (Lipinski definition) is 5. The molecule has 1 aliphatic carbocycles. The number of amides is 1. The lowest BCUT2D eigenvalue weighted by Crippen LogP contribution is -2.48. The average Bonchev–Trinajstić information content (AvgIpc) is 3.09. The van der Waals surface area contributed by atoms with E-state index >= 15 is 0 Å². The molecule has 1 aliphatic heterocycles. The number of carbonyl (C=O) groups excluding carboxylic acids is 1. The van der Waals surface area contributed by atoms with Gasteiger partial charge in [0.05, 0.1) is 4.90 Å². The fourth-order valence-corrected chi connectivity index (χ4v) is 5.76. The minimum Gasteiger partial charge on any atom is -0.475 e. The van der Waals surface area contributed by atoms with Crippen LogP contribution in [0.15, 0.2) is 35.2 Å². The number of hydrogen-bond donors (Lipinski definition) is 2. The lowest BCUT2D eigenvalue weighted by atomic mass is 10.1. The number of nitrogens with zero attached hydrogens (tertiary/aromatic N) is 2. The molecule has 1 amide bonds. The molecule has 34 heavy (non-hydrogen) atoms. The summed E-state index contributed by atoms with van der Waals surface area (Å²) in [4.78, 5) is 23.7. The van der Waals surface area contributed by atoms with Gasteiger partial charge in [-0.05, 0) is 25.0 Å².